The molecule has 1 N–H and O–H groups in total. The van der Waals surface area contributed by atoms with Crippen molar-refractivity contribution in [3.63, 3.8) is 0 Å². The van der Waals surface area contributed by atoms with Crippen LogP contribution in [0.1, 0.15) is 29.7 Å². The Labute approximate surface area is 152 Å². The molecule has 6 heteroatoms. The van der Waals surface area contributed by atoms with Crippen molar-refractivity contribution in [1.82, 2.24) is 14.9 Å². The molecule has 136 valence electrons. The van der Waals surface area contributed by atoms with Gasteiger partial charge in [0.05, 0.1) is 6.61 Å². The fraction of sp³-hybridized carbons (Fsp3) is 0.450. The van der Waals surface area contributed by atoms with Gasteiger partial charge in [-0.15, -0.1) is 0 Å². The Morgan fingerprint density at radius 2 is 2.15 bits per heavy atom. The van der Waals surface area contributed by atoms with Crippen molar-refractivity contribution in [2.75, 3.05) is 19.7 Å². The summed E-state index contributed by atoms with van der Waals surface area (Å²) in [6.45, 7) is 2.88. The largest absolute Gasteiger partial charge is 0.493 e. The number of nitrogens with zero attached hydrogens (tertiary/aromatic N) is 2. The van der Waals surface area contributed by atoms with E-state index >= 15 is 0 Å². The number of ketones is 1. The van der Waals surface area contributed by atoms with E-state index in [0.717, 1.165) is 43.7 Å². The maximum atomic E-state index is 12.7. The Bertz CT molecular complexity index is 853. The number of nitrogens with one attached hydrogen (secondary N) is 1. The summed E-state index contributed by atoms with van der Waals surface area (Å²) >= 11 is 0. The van der Waals surface area contributed by atoms with Gasteiger partial charge in [-0.3, -0.25) is 19.5 Å². The molecule has 6 nitrogen and oxygen atoms in total. The molecule has 0 radical (unpaired) electrons. The second-order valence-corrected chi connectivity index (χ2v) is 7.06. The Morgan fingerprint density at radius 3 is 2.96 bits per heavy atom. The highest BCUT2D eigenvalue weighted by Crippen LogP contribution is 2.31. The fourth-order valence-electron chi connectivity index (χ4n) is 3.87. The molecule has 2 aliphatic rings. The third-order valence-electron chi connectivity index (χ3n) is 5.36. The number of benzene rings is 1. The van der Waals surface area contributed by atoms with E-state index in [0.29, 0.717) is 31.0 Å². The number of likely N-dealkylation sites (tertiary alicyclic amines) is 1. The first-order chi connectivity index (χ1) is 12.7. The minimum absolute atomic E-state index is 0.0885. The zero-order valence-corrected chi connectivity index (χ0v) is 14.7. The van der Waals surface area contributed by atoms with Crippen LogP contribution in [0.5, 0.6) is 5.75 Å². The van der Waals surface area contributed by atoms with Crippen LogP contribution in [-0.4, -0.2) is 40.3 Å². The highest BCUT2D eigenvalue weighted by molar-refractivity contribution is 5.84. The molecule has 0 bridgehead atoms. The quantitative estimate of drug-likeness (QED) is 0.886. The average Bonchev–Trinajstić information content (AvgIpc) is 3.14. The predicted octanol–water partition coefficient (Wildman–Crippen LogP) is 1.73. The average molecular weight is 353 g/mol. The normalized spacial score (nSPS) is 17.7. The molecule has 26 heavy (non-hydrogen) atoms. The maximum absolute atomic E-state index is 12.7. The molecule has 1 aromatic heterocycles. The zero-order chi connectivity index (χ0) is 17.9. The Kier molecular flexibility index (Phi) is 4.84. The summed E-state index contributed by atoms with van der Waals surface area (Å²) < 4.78 is 5.71. The van der Waals surface area contributed by atoms with Crippen molar-refractivity contribution in [3.8, 4) is 5.75 Å². The van der Waals surface area contributed by atoms with Gasteiger partial charge in [0, 0.05) is 43.3 Å². The molecule has 4 rings (SSSR count). The van der Waals surface area contributed by atoms with E-state index < -0.39 is 0 Å². The number of hydrogen-bond donors (Lipinski definition) is 1. The van der Waals surface area contributed by atoms with Gasteiger partial charge in [-0.1, -0.05) is 18.2 Å². The number of fused-ring (bicyclic) bond motifs is 1. The number of ether oxygens (including phenoxy) is 1. The van der Waals surface area contributed by atoms with Crippen LogP contribution in [-0.2, 0) is 24.2 Å². The lowest BCUT2D eigenvalue weighted by Gasteiger charge is -2.30. The van der Waals surface area contributed by atoms with Crippen molar-refractivity contribution in [1.29, 1.82) is 0 Å². The number of H-pyrrole nitrogens is 1. The van der Waals surface area contributed by atoms with E-state index in [9.17, 15) is 9.59 Å². The molecule has 0 atom stereocenters. The monoisotopic (exact) mass is 353 g/mol. The van der Waals surface area contributed by atoms with Crippen LogP contribution in [0.3, 0.4) is 0 Å². The Balaban J connectivity index is 1.33. The molecule has 1 fully saturated rings. The molecule has 3 heterocycles. The minimum atomic E-state index is -0.136. The number of Topliss-reactive ketones (excluding diaryl/α,β-unsaturated/α-hetero) is 1. The molecular weight excluding hydrogens is 330 g/mol. The van der Waals surface area contributed by atoms with Crippen LogP contribution in [0.2, 0.25) is 0 Å². The van der Waals surface area contributed by atoms with E-state index in [4.69, 9.17) is 4.74 Å². The molecule has 0 saturated carbocycles. The van der Waals surface area contributed by atoms with Crippen molar-refractivity contribution in [2.24, 2.45) is 5.92 Å². The van der Waals surface area contributed by atoms with Gasteiger partial charge in [-0.2, -0.15) is 0 Å². The first-order valence-electron chi connectivity index (χ1n) is 9.22. The number of aromatic nitrogens is 2. The van der Waals surface area contributed by atoms with Crippen LogP contribution in [0.4, 0.5) is 0 Å². The molecule has 1 aromatic carbocycles. The fourth-order valence-corrected chi connectivity index (χ4v) is 3.87. The third kappa shape index (κ3) is 3.55. The smallest absolute Gasteiger partial charge is 0.270 e. The molecule has 0 spiro atoms. The summed E-state index contributed by atoms with van der Waals surface area (Å²) in [6.07, 6.45) is 6.20. The standard InChI is InChI=1S/C20H23N3O3/c24-18(12-16-3-1-2-15-6-11-26-19(15)16)14-4-9-23(10-5-14)13-17-20(25)22-8-7-21-17/h1-3,7-8,14H,4-6,9-13H2,(H,22,25). The number of rotatable bonds is 5. The highest BCUT2D eigenvalue weighted by Gasteiger charge is 2.27. The lowest BCUT2D eigenvalue weighted by Crippen LogP contribution is -2.37. The van der Waals surface area contributed by atoms with Crippen LogP contribution in [0.15, 0.2) is 35.4 Å². The molecule has 2 aromatic rings. The SMILES string of the molecule is O=C(Cc1cccc2c1OCC2)C1CCN(Cc2ncc[nH]c2=O)CC1. The topological polar surface area (TPSA) is 75.3 Å². The second-order valence-electron chi connectivity index (χ2n) is 7.06. The number of para-hydroxylation sites is 1. The summed E-state index contributed by atoms with van der Waals surface area (Å²) in [4.78, 5) is 33.5. The van der Waals surface area contributed by atoms with E-state index in [2.05, 4.69) is 20.9 Å². The second kappa shape index (κ2) is 7.41. The van der Waals surface area contributed by atoms with Gasteiger partial charge in [0.15, 0.2) is 0 Å². The Hall–Kier alpha value is -2.47. The third-order valence-corrected chi connectivity index (χ3v) is 5.36. The number of aromatic amines is 1. The van der Waals surface area contributed by atoms with Gasteiger partial charge >= 0.3 is 0 Å². The number of piperidine rings is 1. The van der Waals surface area contributed by atoms with E-state index in [-0.39, 0.29) is 11.5 Å². The minimum Gasteiger partial charge on any atom is -0.493 e. The molecule has 0 aliphatic carbocycles. The molecule has 2 aliphatic heterocycles. The molecule has 0 amide bonds. The lowest BCUT2D eigenvalue weighted by atomic mass is 9.88. The van der Waals surface area contributed by atoms with Crippen molar-refractivity contribution in [2.45, 2.75) is 32.2 Å². The van der Waals surface area contributed by atoms with Crippen molar-refractivity contribution < 1.29 is 9.53 Å². The summed E-state index contributed by atoms with van der Waals surface area (Å²) in [7, 11) is 0. The molecular formula is C20H23N3O3. The van der Waals surface area contributed by atoms with Gasteiger partial charge in [0.25, 0.3) is 5.56 Å². The predicted molar refractivity (Wildman–Crippen MR) is 97.2 cm³/mol. The van der Waals surface area contributed by atoms with Gasteiger partial charge in [0.1, 0.15) is 17.2 Å². The first-order valence-corrected chi connectivity index (χ1v) is 9.22. The van der Waals surface area contributed by atoms with Gasteiger partial charge < -0.3 is 9.72 Å². The molecule has 0 unspecified atom stereocenters. The van der Waals surface area contributed by atoms with Crippen LogP contribution in [0.25, 0.3) is 0 Å². The zero-order valence-electron chi connectivity index (χ0n) is 14.7. The van der Waals surface area contributed by atoms with E-state index in [1.54, 1.807) is 12.4 Å². The van der Waals surface area contributed by atoms with Gasteiger partial charge in [0.2, 0.25) is 0 Å². The summed E-state index contributed by atoms with van der Waals surface area (Å²) in [5.74, 6) is 1.31. The summed E-state index contributed by atoms with van der Waals surface area (Å²) in [6, 6.07) is 6.10. The summed E-state index contributed by atoms with van der Waals surface area (Å²) in [5, 5.41) is 0. The first kappa shape index (κ1) is 17.0. The van der Waals surface area contributed by atoms with Crippen molar-refractivity contribution >= 4 is 5.78 Å². The van der Waals surface area contributed by atoms with E-state index in [1.807, 2.05) is 12.1 Å². The van der Waals surface area contributed by atoms with Crippen LogP contribution >= 0.6 is 0 Å². The number of carbonyl (C=O) groups excluding carboxylic acids is 1. The summed E-state index contributed by atoms with van der Waals surface area (Å²) in [5.41, 5.74) is 2.64. The molecule has 1 saturated heterocycles. The van der Waals surface area contributed by atoms with Crippen LogP contribution in [0, 0.1) is 5.92 Å². The van der Waals surface area contributed by atoms with Gasteiger partial charge in [-0.25, -0.2) is 0 Å². The maximum Gasteiger partial charge on any atom is 0.270 e. The van der Waals surface area contributed by atoms with Crippen molar-refractivity contribution in [3.05, 3.63) is 57.8 Å². The Morgan fingerprint density at radius 1 is 1.31 bits per heavy atom. The number of hydrogen-bond acceptors (Lipinski definition) is 5. The van der Waals surface area contributed by atoms with Crippen LogP contribution < -0.4 is 10.3 Å². The van der Waals surface area contributed by atoms with Gasteiger partial charge in [-0.05, 0) is 31.5 Å². The highest BCUT2D eigenvalue weighted by atomic mass is 16.5. The number of carbonyl (C=O) groups is 1. The van der Waals surface area contributed by atoms with E-state index in [1.165, 1.54) is 5.56 Å². The lowest BCUT2D eigenvalue weighted by molar-refractivity contribution is -0.123.